The van der Waals surface area contributed by atoms with Crippen molar-refractivity contribution in [1.29, 1.82) is 0 Å². The predicted octanol–water partition coefficient (Wildman–Crippen LogP) is 16.7. The Bertz CT molecular complexity index is 3710. The molecule has 2 aromatic heterocycles. The van der Waals surface area contributed by atoms with Gasteiger partial charge in [-0.2, -0.15) is 0 Å². The lowest BCUT2D eigenvalue weighted by atomic mass is 9.82. The molecule has 0 unspecified atom stereocenters. The van der Waals surface area contributed by atoms with E-state index in [1.165, 1.54) is 108 Å². The minimum Gasteiger partial charge on any atom is -0.456 e. The molecule has 1 aliphatic rings. The molecule has 0 spiro atoms. The summed E-state index contributed by atoms with van der Waals surface area (Å²) in [4.78, 5) is 0. The maximum atomic E-state index is 6.54. The third-order valence-electron chi connectivity index (χ3n) is 13.3. The Morgan fingerprint density at radius 2 is 0.847 bits per heavy atom. The molecule has 1 nitrogen and oxygen atoms in total. The van der Waals surface area contributed by atoms with Crippen LogP contribution in [0.4, 0.5) is 0 Å². The van der Waals surface area contributed by atoms with Gasteiger partial charge in [0.25, 0.3) is 0 Å². The van der Waals surface area contributed by atoms with Crippen LogP contribution in [-0.2, 0) is 5.41 Å². The zero-order valence-corrected chi connectivity index (χ0v) is 33.5. The van der Waals surface area contributed by atoms with E-state index in [1.54, 1.807) is 0 Å². The van der Waals surface area contributed by atoms with Crippen LogP contribution in [0.3, 0.4) is 0 Å². The molecule has 12 aromatic rings. The fourth-order valence-electron chi connectivity index (χ4n) is 10.4. The first-order valence-electron chi connectivity index (χ1n) is 20.5. The molecule has 0 radical (unpaired) electrons. The second kappa shape index (κ2) is 12.0. The average molecular weight is 769 g/mol. The lowest BCUT2D eigenvalue weighted by Crippen LogP contribution is -2.14. The summed E-state index contributed by atoms with van der Waals surface area (Å²) in [6.45, 7) is 4.72. The Morgan fingerprint density at radius 3 is 1.54 bits per heavy atom. The van der Waals surface area contributed by atoms with Crippen molar-refractivity contribution in [2.75, 3.05) is 0 Å². The van der Waals surface area contributed by atoms with Gasteiger partial charge in [-0.05, 0) is 136 Å². The summed E-state index contributed by atoms with van der Waals surface area (Å²) >= 11 is 1.87. The smallest absolute Gasteiger partial charge is 0.135 e. The van der Waals surface area contributed by atoms with E-state index in [4.69, 9.17) is 4.42 Å². The van der Waals surface area contributed by atoms with Crippen molar-refractivity contribution in [1.82, 2.24) is 0 Å². The molecule has 59 heavy (non-hydrogen) atoms. The molecule has 0 N–H and O–H groups in total. The normalized spacial score (nSPS) is 13.4. The van der Waals surface area contributed by atoms with Crippen LogP contribution >= 0.6 is 11.3 Å². The third-order valence-corrected chi connectivity index (χ3v) is 14.4. The van der Waals surface area contributed by atoms with Gasteiger partial charge in [0.15, 0.2) is 0 Å². The summed E-state index contributed by atoms with van der Waals surface area (Å²) in [6, 6.07) is 67.7. The highest BCUT2D eigenvalue weighted by Gasteiger charge is 2.36. The van der Waals surface area contributed by atoms with Crippen molar-refractivity contribution in [3.63, 3.8) is 0 Å². The van der Waals surface area contributed by atoms with E-state index in [0.717, 1.165) is 21.9 Å². The summed E-state index contributed by atoms with van der Waals surface area (Å²) in [5, 5.41) is 12.5. The molecular formula is C57H36OS. The van der Waals surface area contributed by atoms with Crippen molar-refractivity contribution in [2.24, 2.45) is 0 Å². The third kappa shape index (κ3) is 4.67. The van der Waals surface area contributed by atoms with Crippen molar-refractivity contribution < 1.29 is 4.42 Å². The highest BCUT2D eigenvalue weighted by Crippen LogP contribution is 2.52. The molecule has 0 saturated heterocycles. The zero-order chi connectivity index (χ0) is 39.0. The minimum absolute atomic E-state index is 0.0621. The maximum absolute atomic E-state index is 6.54. The molecule has 0 saturated carbocycles. The van der Waals surface area contributed by atoms with Gasteiger partial charge in [0.05, 0.1) is 0 Å². The van der Waals surface area contributed by atoms with Crippen molar-refractivity contribution in [2.45, 2.75) is 19.3 Å². The molecular weight excluding hydrogens is 733 g/mol. The zero-order valence-electron chi connectivity index (χ0n) is 32.6. The number of benzene rings is 10. The molecule has 0 atom stereocenters. The number of thiophene rings is 1. The average Bonchev–Trinajstić information content (AvgIpc) is 3.91. The lowest BCUT2D eigenvalue weighted by molar-refractivity contribution is 0.661. The predicted molar refractivity (Wildman–Crippen MR) is 253 cm³/mol. The van der Waals surface area contributed by atoms with Gasteiger partial charge < -0.3 is 4.42 Å². The largest absolute Gasteiger partial charge is 0.456 e. The van der Waals surface area contributed by atoms with Gasteiger partial charge in [-0.15, -0.1) is 11.3 Å². The fraction of sp³-hybridized carbons (Fsp3) is 0.0526. The first-order valence-corrected chi connectivity index (χ1v) is 21.3. The molecule has 0 bridgehead atoms. The molecule has 0 aliphatic heterocycles. The van der Waals surface area contributed by atoms with Crippen LogP contribution in [0.5, 0.6) is 0 Å². The van der Waals surface area contributed by atoms with Gasteiger partial charge in [0.2, 0.25) is 0 Å². The molecule has 10 aromatic carbocycles. The lowest BCUT2D eigenvalue weighted by Gasteiger charge is -2.21. The molecule has 276 valence electrons. The molecule has 2 heterocycles. The van der Waals surface area contributed by atoms with Crippen LogP contribution in [0.25, 0.3) is 119 Å². The minimum atomic E-state index is -0.0621. The highest BCUT2D eigenvalue weighted by atomic mass is 32.1. The standard InChI is InChI=1S/C57H36OS/c1-57(2)48-24-20-34(30-47(48)56-38-12-4-3-11-33(38)19-25-49(56)57)35-21-26-50-44(29-35)45-31-36(22-27-51(45)58-50)54-40-14-5-7-16-42(40)55(43-17-8-6-15-41(43)54)37-23-28-53-46(32-37)39-13-9-10-18-52(39)59-53/h3-32H,1-2H3. The topological polar surface area (TPSA) is 13.1 Å². The van der Waals surface area contributed by atoms with Crippen molar-refractivity contribution in [3.05, 3.63) is 193 Å². The molecule has 0 fully saturated rings. The van der Waals surface area contributed by atoms with Gasteiger partial charge in [0.1, 0.15) is 11.2 Å². The maximum Gasteiger partial charge on any atom is 0.135 e. The van der Waals surface area contributed by atoms with Gasteiger partial charge in [-0.1, -0.05) is 147 Å². The Hall–Kier alpha value is -7.00. The molecule has 0 amide bonds. The SMILES string of the molecule is CC1(C)c2ccc(-c3ccc4oc5ccc(-c6c7ccccc7c(-c7ccc8sc9ccccc9c8c7)c7ccccc67)cc5c4c3)cc2-c2c1ccc1ccccc21. The van der Waals surface area contributed by atoms with E-state index in [1.807, 2.05) is 11.3 Å². The van der Waals surface area contributed by atoms with Crippen LogP contribution < -0.4 is 0 Å². The first kappa shape index (κ1) is 33.0. The molecule has 13 rings (SSSR count). The van der Waals surface area contributed by atoms with E-state index >= 15 is 0 Å². The van der Waals surface area contributed by atoms with Crippen molar-refractivity contribution >= 4 is 85.8 Å². The van der Waals surface area contributed by atoms with E-state index in [-0.39, 0.29) is 5.41 Å². The van der Waals surface area contributed by atoms with E-state index < -0.39 is 0 Å². The Balaban J connectivity index is 0.989. The highest BCUT2D eigenvalue weighted by molar-refractivity contribution is 7.25. The number of fused-ring (bicyclic) bond motifs is 13. The number of hydrogen-bond donors (Lipinski definition) is 0. The Kier molecular flexibility index (Phi) is 6.73. The number of furan rings is 1. The van der Waals surface area contributed by atoms with Crippen molar-refractivity contribution in [3.8, 4) is 44.5 Å². The van der Waals surface area contributed by atoms with Gasteiger partial charge in [0, 0.05) is 36.4 Å². The van der Waals surface area contributed by atoms with Gasteiger partial charge in [-0.3, -0.25) is 0 Å². The van der Waals surface area contributed by atoms with Crippen LogP contribution in [0.2, 0.25) is 0 Å². The quantitative estimate of drug-likeness (QED) is 0.163. The summed E-state index contributed by atoms with van der Waals surface area (Å²) in [5.41, 5.74) is 14.6. The summed E-state index contributed by atoms with van der Waals surface area (Å²) < 4.78 is 9.19. The van der Waals surface area contributed by atoms with E-state index in [2.05, 4.69) is 196 Å². The van der Waals surface area contributed by atoms with Crippen LogP contribution in [0.1, 0.15) is 25.0 Å². The van der Waals surface area contributed by atoms with Gasteiger partial charge >= 0.3 is 0 Å². The van der Waals surface area contributed by atoms with Crippen LogP contribution in [0.15, 0.2) is 186 Å². The summed E-state index contributed by atoms with van der Waals surface area (Å²) in [7, 11) is 0. The second-order valence-corrected chi connectivity index (χ2v) is 17.9. The summed E-state index contributed by atoms with van der Waals surface area (Å²) in [6.07, 6.45) is 0. The molecule has 1 aliphatic carbocycles. The van der Waals surface area contributed by atoms with Gasteiger partial charge in [-0.25, -0.2) is 0 Å². The fourth-order valence-corrected chi connectivity index (χ4v) is 11.5. The number of rotatable bonds is 3. The van der Waals surface area contributed by atoms with Crippen LogP contribution in [0, 0.1) is 0 Å². The Morgan fingerprint density at radius 1 is 0.356 bits per heavy atom. The Labute approximate surface area is 345 Å². The monoisotopic (exact) mass is 768 g/mol. The van der Waals surface area contributed by atoms with E-state index in [0.29, 0.717) is 0 Å². The van der Waals surface area contributed by atoms with E-state index in [9.17, 15) is 0 Å². The molecule has 2 heteroatoms. The number of hydrogen-bond acceptors (Lipinski definition) is 2. The van der Waals surface area contributed by atoms with Crippen LogP contribution in [-0.4, -0.2) is 0 Å². The summed E-state index contributed by atoms with van der Waals surface area (Å²) in [5.74, 6) is 0. The second-order valence-electron chi connectivity index (χ2n) is 16.8. The first-order chi connectivity index (χ1) is 29.0.